The predicted octanol–water partition coefficient (Wildman–Crippen LogP) is 2.74. The molecule has 2 aromatic rings. The Bertz CT molecular complexity index is 1140. The zero-order chi connectivity index (χ0) is 24.3. The van der Waals surface area contributed by atoms with Gasteiger partial charge in [0.2, 0.25) is 0 Å². The van der Waals surface area contributed by atoms with Crippen molar-refractivity contribution in [1.82, 2.24) is 4.98 Å². The quantitative estimate of drug-likeness (QED) is 0.730. The Labute approximate surface area is 188 Å². The van der Waals surface area contributed by atoms with Crippen LogP contribution in [0.2, 0.25) is 0 Å². The highest BCUT2D eigenvalue weighted by Gasteiger charge is 2.73. The van der Waals surface area contributed by atoms with E-state index >= 15 is 0 Å². The van der Waals surface area contributed by atoms with Gasteiger partial charge >= 0.3 is 6.18 Å². The van der Waals surface area contributed by atoms with Crippen molar-refractivity contribution in [2.45, 2.75) is 56.5 Å². The van der Waals surface area contributed by atoms with E-state index in [1.54, 1.807) is 18.2 Å². The number of likely N-dealkylation sites (N-methyl/N-ethyl adjacent to an activating group) is 1. The summed E-state index contributed by atoms with van der Waals surface area (Å²) in [6, 6.07) is 6.75. The number of nitrogens with zero attached hydrogens (tertiary/aromatic N) is 3. The van der Waals surface area contributed by atoms with E-state index in [0.29, 0.717) is 11.8 Å². The lowest BCUT2D eigenvalue weighted by Crippen LogP contribution is -2.59. The summed E-state index contributed by atoms with van der Waals surface area (Å²) < 4.78 is 40.4. The third-order valence-corrected chi connectivity index (χ3v) is 6.56. The number of alkyl halides is 3. The number of pyridine rings is 1. The highest BCUT2D eigenvalue weighted by Crippen LogP contribution is 2.51. The van der Waals surface area contributed by atoms with Crippen LogP contribution in [0.5, 0.6) is 0 Å². The fourth-order valence-corrected chi connectivity index (χ4v) is 4.86. The highest BCUT2D eigenvalue weighted by molar-refractivity contribution is 6.13. The molecule has 2 aliphatic rings. The maximum absolute atomic E-state index is 13.7. The maximum Gasteiger partial charge on any atom is 0.416 e. The minimum absolute atomic E-state index is 0.0260. The molecule has 176 valence electrons. The zero-order valence-electron chi connectivity index (χ0n) is 18.3. The average molecular weight is 463 g/mol. The predicted molar refractivity (Wildman–Crippen MR) is 114 cm³/mol. The molecule has 1 aromatic carbocycles. The molecular formula is C23H24F3N3O4. The van der Waals surface area contributed by atoms with Gasteiger partial charge in [-0.1, -0.05) is 12.1 Å². The summed E-state index contributed by atoms with van der Waals surface area (Å²) in [5.41, 5.74) is -4.22. The second-order valence-corrected chi connectivity index (χ2v) is 8.81. The minimum Gasteiger partial charge on any atom is -0.384 e. The molecule has 7 nitrogen and oxygen atoms in total. The molecule has 3 atom stereocenters. The van der Waals surface area contributed by atoms with Crippen LogP contribution in [-0.4, -0.2) is 51.3 Å². The topological polar surface area (TPSA) is 94.0 Å². The Morgan fingerprint density at radius 2 is 1.88 bits per heavy atom. The molecule has 2 N–H and O–H groups in total. The number of carbonyl (C=O) groups is 2. The number of hydrogen-bond acceptors (Lipinski definition) is 5. The zero-order valence-corrected chi connectivity index (χ0v) is 18.3. The van der Waals surface area contributed by atoms with Crippen LogP contribution >= 0.6 is 0 Å². The summed E-state index contributed by atoms with van der Waals surface area (Å²) in [7, 11) is 1.44. The summed E-state index contributed by atoms with van der Waals surface area (Å²) in [6.45, 7) is 3.16. The Hall–Kier alpha value is -2.98. The van der Waals surface area contributed by atoms with E-state index in [-0.39, 0.29) is 25.0 Å². The average Bonchev–Trinajstić information content (AvgIpc) is 3.12. The SMILES string of the molecule is Cc1cccc(N(C)C(=O)C2N(c3cc(C(F)(F)F)cc(C)n3)C(=O)[C@]3(O)CCC[C@]23O)c1. The van der Waals surface area contributed by atoms with Crippen LogP contribution in [0.15, 0.2) is 36.4 Å². The minimum atomic E-state index is -4.72. The van der Waals surface area contributed by atoms with Gasteiger partial charge in [-0.25, -0.2) is 4.98 Å². The molecule has 0 spiro atoms. The van der Waals surface area contributed by atoms with Gasteiger partial charge < -0.3 is 15.1 Å². The molecule has 10 heteroatoms. The van der Waals surface area contributed by atoms with E-state index < -0.39 is 46.6 Å². The van der Waals surface area contributed by atoms with Crippen molar-refractivity contribution in [3.8, 4) is 0 Å². The van der Waals surface area contributed by atoms with Gasteiger partial charge in [0.15, 0.2) is 5.60 Å². The molecule has 1 aromatic heterocycles. The molecule has 1 aliphatic heterocycles. The molecule has 0 bridgehead atoms. The van der Waals surface area contributed by atoms with Gasteiger partial charge in [0, 0.05) is 18.4 Å². The van der Waals surface area contributed by atoms with Crippen molar-refractivity contribution in [2.75, 3.05) is 16.8 Å². The summed E-state index contributed by atoms with van der Waals surface area (Å²) in [4.78, 5) is 33.0. The number of anilines is 2. The van der Waals surface area contributed by atoms with Crippen LogP contribution in [0.4, 0.5) is 24.7 Å². The first-order chi connectivity index (χ1) is 15.3. The van der Waals surface area contributed by atoms with Crippen molar-refractivity contribution in [3.63, 3.8) is 0 Å². The molecule has 2 amide bonds. The molecule has 0 radical (unpaired) electrons. The van der Waals surface area contributed by atoms with Crippen molar-refractivity contribution in [1.29, 1.82) is 0 Å². The number of rotatable bonds is 3. The van der Waals surface area contributed by atoms with E-state index in [9.17, 15) is 33.0 Å². The summed E-state index contributed by atoms with van der Waals surface area (Å²) in [5, 5.41) is 22.6. The van der Waals surface area contributed by atoms with Crippen molar-refractivity contribution in [3.05, 3.63) is 53.2 Å². The largest absolute Gasteiger partial charge is 0.416 e. The lowest BCUT2D eigenvalue weighted by molar-refractivity contribution is -0.154. The smallest absolute Gasteiger partial charge is 0.384 e. The van der Waals surface area contributed by atoms with E-state index in [1.807, 2.05) is 13.0 Å². The fourth-order valence-electron chi connectivity index (χ4n) is 4.86. The molecular weight excluding hydrogens is 439 g/mol. The number of fused-ring (bicyclic) bond motifs is 1. The standard InChI is InChI=1S/C23H24F3N3O4/c1-13-6-4-7-16(10-13)28(3)19(30)18-21(32)8-5-9-22(21,33)20(31)29(18)17-12-15(23(24,25)26)11-14(2)27-17/h4,6-7,10-12,18,32-33H,5,8-9H2,1-3H3/t18?,21-,22+/m0/s1. The third kappa shape index (κ3) is 3.48. The first-order valence-electron chi connectivity index (χ1n) is 10.5. The van der Waals surface area contributed by atoms with Crippen LogP contribution < -0.4 is 9.80 Å². The van der Waals surface area contributed by atoms with Gasteiger partial charge in [-0.2, -0.15) is 13.2 Å². The second kappa shape index (κ2) is 7.53. The van der Waals surface area contributed by atoms with Gasteiger partial charge in [0.05, 0.1) is 5.56 Å². The summed E-state index contributed by atoms with van der Waals surface area (Å²) >= 11 is 0. The molecule has 1 saturated carbocycles. The van der Waals surface area contributed by atoms with Crippen LogP contribution in [0.1, 0.15) is 36.1 Å². The Morgan fingerprint density at radius 1 is 1.18 bits per heavy atom. The van der Waals surface area contributed by atoms with Crippen LogP contribution in [0.3, 0.4) is 0 Å². The number of aliphatic hydroxyl groups is 2. The first kappa shape index (κ1) is 23.2. The van der Waals surface area contributed by atoms with Crippen molar-refractivity contribution in [2.24, 2.45) is 0 Å². The number of halogens is 3. The van der Waals surface area contributed by atoms with Gasteiger partial charge in [0.1, 0.15) is 17.5 Å². The molecule has 2 fully saturated rings. The Kier molecular flexibility index (Phi) is 5.29. The number of hydrogen-bond donors (Lipinski definition) is 2. The number of aromatic nitrogens is 1. The summed E-state index contributed by atoms with van der Waals surface area (Å²) in [6.07, 6.45) is -4.62. The van der Waals surface area contributed by atoms with Gasteiger partial charge in [-0.15, -0.1) is 0 Å². The van der Waals surface area contributed by atoms with E-state index in [2.05, 4.69) is 4.98 Å². The number of carbonyl (C=O) groups excluding carboxylic acids is 2. The fraction of sp³-hybridized carbons (Fsp3) is 0.435. The Balaban J connectivity index is 1.86. The van der Waals surface area contributed by atoms with Gasteiger partial charge in [0.25, 0.3) is 11.8 Å². The highest BCUT2D eigenvalue weighted by atomic mass is 19.4. The number of aryl methyl sites for hydroxylation is 2. The lowest BCUT2D eigenvalue weighted by Gasteiger charge is -2.35. The Morgan fingerprint density at radius 3 is 2.52 bits per heavy atom. The molecule has 1 aliphatic carbocycles. The van der Waals surface area contributed by atoms with E-state index in [4.69, 9.17) is 0 Å². The third-order valence-electron chi connectivity index (χ3n) is 6.56. The van der Waals surface area contributed by atoms with Gasteiger partial charge in [-0.3, -0.25) is 14.5 Å². The molecule has 4 rings (SSSR count). The van der Waals surface area contributed by atoms with E-state index in [0.717, 1.165) is 16.5 Å². The molecule has 1 unspecified atom stereocenters. The second-order valence-electron chi connectivity index (χ2n) is 8.81. The monoisotopic (exact) mass is 463 g/mol. The van der Waals surface area contributed by atoms with Crippen molar-refractivity contribution < 1.29 is 33.0 Å². The van der Waals surface area contributed by atoms with E-state index in [1.165, 1.54) is 18.9 Å². The normalized spacial score (nSPS) is 27.1. The number of amides is 2. The van der Waals surface area contributed by atoms with Crippen molar-refractivity contribution >= 4 is 23.3 Å². The van der Waals surface area contributed by atoms with Crippen LogP contribution in [0.25, 0.3) is 0 Å². The van der Waals surface area contributed by atoms with Crippen LogP contribution in [0, 0.1) is 13.8 Å². The molecule has 33 heavy (non-hydrogen) atoms. The first-order valence-corrected chi connectivity index (χ1v) is 10.5. The van der Waals surface area contributed by atoms with Gasteiger partial charge in [-0.05, 0) is 62.9 Å². The summed E-state index contributed by atoms with van der Waals surface area (Å²) in [5.74, 6) is -2.23. The molecule has 2 heterocycles. The number of benzene rings is 1. The maximum atomic E-state index is 13.7. The lowest BCUT2D eigenvalue weighted by atomic mass is 9.83. The molecule has 1 saturated heterocycles. The van der Waals surface area contributed by atoms with Crippen LogP contribution in [-0.2, 0) is 15.8 Å².